The van der Waals surface area contributed by atoms with Crippen LogP contribution in [0.15, 0.2) is 36.4 Å². The number of phenolic OH excluding ortho intramolecular Hbond substituents is 1. The van der Waals surface area contributed by atoms with E-state index in [1.165, 1.54) is 0 Å². The monoisotopic (exact) mass is 338 g/mol. The lowest BCUT2D eigenvalue weighted by Crippen LogP contribution is -3.00. The number of hydrogen-bond donors (Lipinski definition) is 4. The van der Waals surface area contributed by atoms with E-state index in [1.54, 1.807) is 37.3 Å². The Bertz CT molecular complexity index is 667. The zero-order valence-corrected chi connectivity index (χ0v) is 13.4. The zero-order chi connectivity index (χ0) is 15.9. The first kappa shape index (κ1) is 18.4. The lowest BCUT2D eigenvalue weighted by atomic mass is 10.2. The summed E-state index contributed by atoms with van der Waals surface area (Å²) in [5, 5.41) is 15.1. The van der Waals surface area contributed by atoms with Gasteiger partial charge in [-0.1, -0.05) is 12.1 Å². The molecule has 1 amide bonds. The third-order valence-corrected chi connectivity index (χ3v) is 2.88. The highest BCUT2D eigenvalue weighted by Crippen LogP contribution is 2.16. The molecule has 8 heteroatoms. The summed E-state index contributed by atoms with van der Waals surface area (Å²) in [6, 6.07) is 10.4. The Balaban J connectivity index is 0.00000264. The van der Waals surface area contributed by atoms with Crippen molar-refractivity contribution in [3.05, 3.63) is 42.0 Å². The third kappa shape index (κ3) is 5.55. The van der Waals surface area contributed by atoms with Gasteiger partial charge in [-0.25, -0.2) is 9.78 Å². The standard InChI is InChI=1S/C15H18N4O3.ClH/c1-2-22-15(21)18-12-6-7-13(19-14(12)16)17-9-10-4-3-5-11(20)8-10;/h3-8,20H,2,9H2,1H3,(H,18,21)(H3,16,17,19);1H. The smallest absolute Gasteiger partial charge is 0.411 e. The van der Waals surface area contributed by atoms with Crippen molar-refractivity contribution in [1.82, 2.24) is 0 Å². The number of nitrogen functional groups attached to an aromatic ring is 1. The van der Waals surface area contributed by atoms with E-state index in [0.717, 1.165) is 5.56 Å². The maximum absolute atomic E-state index is 11.4. The number of H-pyrrole nitrogens is 1. The van der Waals surface area contributed by atoms with Crippen molar-refractivity contribution in [3.63, 3.8) is 0 Å². The Morgan fingerprint density at radius 2 is 2.13 bits per heavy atom. The van der Waals surface area contributed by atoms with E-state index < -0.39 is 6.09 Å². The number of rotatable bonds is 5. The number of benzene rings is 1. The molecule has 0 saturated heterocycles. The number of anilines is 3. The topological polar surface area (TPSA) is 111 Å². The fourth-order valence-corrected chi connectivity index (χ4v) is 1.86. The van der Waals surface area contributed by atoms with Crippen LogP contribution in [0.1, 0.15) is 12.5 Å². The molecule has 23 heavy (non-hydrogen) atoms. The van der Waals surface area contributed by atoms with E-state index >= 15 is 0 Å². The molecule has 2 aromatic rings. The van der Waals surface area contributed by atoms with Crippen molar-refractivity contribution < 1.29 is 32.0 Å². The van der Waals surface area contributed by atoms with E-state index in [1.807, 2.05) is 6.07 Å². The third-order valence-electron chi connectivity index (χ3n) is 2.88. The van der Waals surface area contributed by atoms with Crippen molar-refractivity contribution >= 4 is 23.4 Å². The molecule has 6 N–H and O–H groups in total. The number of aromatic hydroxyl groups is 1. The van der Waals surface area contributed by atoms with Gasteiger partial charge in [-0.2, -0.15) is 0 Å². The second kappa shape index (κ2) is 8.70. The summed E-state index contributed by atoms with van der Waals surface area (Å²) in [7, 11) is 0. The number of nitrogens with two attached hydrogens (primary N) is 1. The van der Waals surface area contributed by atoms with E-state index in [2.05, 4.69) is 15.6 Å². The highest BCUT2D eigenvalue weighted by atomic mass is 35.5. The number of carbonyl (C=O) groups excluding carboxylic acids is 1. The normalized spacial score (nSPS) is 9.61. The zero-order valence-electron chi connectivity index (χ0n) is 12.6. The molecule has 0 aliphatic carbocycles. The first-order chi connectivity index (χ1) is 10.6. The number of carbonyl (C=O) groups is 1. The van der Waals surface area contributed by atoms with E-state index in [-0.39, 0.29) is 18.2 Å². The second-order valence-corrected chi connectivity index (χ2v) is 4.57. The Hall–Kier alpha value is -2.67. The number of nitrogens with one attached hydrogen (secondary N) is 3. The van der Waals surface area contributed by atoms with Crippen LogP contribution < -0.4 is 33.8 Å². The summed E-state index contributed by atoms with van der Waals surface area (Å²) in [5.74, 6) is 1.22. The Labute approximate surface area is 140 Å². The predicted molar refractivity (Wildman–Crippen MR) is 83.5 cm³/mol. The molecule has 0 bridgehead atoms. The van der Waals surface area contributed by atoms with Gasteiger partial charge < -0.3 is 33.3 Å². The molecule has 1 aromatic carbocycles. The number of pyridine rings is 1. The molecule has 7 nitrogen and oxygen atoms in total. The summed E-state index contributed by atoms with van der Waals surface area (Å²) in [4.78, 5) is 14.3. The van der Waals surface area contributed by atoms with Gasteiger partial charge in [0, 0.05) is 6.07 Å². The van der Waals surface area contributed by atoms with Crippen molar-refractivity contribution in [2.45, 2.75) is 13.5 Å². The number of aromatic nitrogens is 1. The quantitative estimate of drug-likeness (QED) is 0.557. The summed E-state index contributed by atoms with van der Waals surface area (Å²) >= 11 is 0. The molecular formula is C15H19ClN4O3. The largest absolute Gasteiger partial charge is 1.00 e. The summed E-state index contributed by atoms with van der Waals surface area (Å²) < 4.78 is 4.79. The van der Waals surface area contributed by atoms with Gasteiger partial charge in [0.2, 0.25) is 11.6 Å². The molecular weight excluding hydrogens is 320 g/mol. The molecule has 0 radical (unpaired) electrons. The van der Waals surface area contributed by atoms with E-state index in [4.69, 9.17) is 10.5 Å². The summed E-state index contributed by atoms with van der Waals surface area (Å²) in [6.07, 6.45) is -0.553. The van der Waals surface area contributed by atoms with Crippen LogP contribution in [-0.2, 0) is 11.3 Å². The highest BCUT2D eigenvalue weighted by molar-refractivity contribution is 5.87. The Morgan fingerprint density at radius 1 is 1.35 bits per heavy atom. The molecule has 0 saturated carbocycles. The first-order valence-electron chi connectivity index (χ1n) is 6.86. The van der Waals surface area contributed by atoms with Crippen LogP contribution in [0.25, 0.3) is 0 Å². The van der Waals surface area contributed by atoms with Gasteiger partial charge in [-0.15, -0.1) is 0 Å². The lowest BCUT2D eigenvalue weighted by molar-refractivity contribution is -0.342. The predicted octanol–water partition coefficient (Wildman–Crippen LogP) is -1.03. The molecule has 0 atom stereocenters. The summed E-state index contributed by atoms with van der Waals surface area (Å²) in [6.45, 7) is 2.54. The van der Waals surface area contributed by atoms with Crippen LogP contribution in [-0.4, -0.2) is 17.8 Å². The minimum Gasteiger partial charge on any atom is -1.00 e. The fraction of sp³-hybridized carbons (Fsp3) is 0.200. The van der Waals surface area contributed by atoms with Gasteiger partial charge in [-0.05, 0) is 30.7 Å². The first-order valence-corrected chi connectivity index (χ1v) is 6.86. The van der Waals surface area contributed by atoms with Crippen molar-refractivity contribution in [2.24, 2.45) is 0 Å². The van der Waals surface area contributed by atoms with Gasteiger partial charge in [-0.3, -0.25) is 5.32 Å². The van der Waals surface area contributed by atoms with Crippen LogP contribution in [0.3, 0.4) is 0 Å². The maximum atomic E-state index is 11.4. The molecule has 1 heterocycles. The lowest BCUT2D eigenvalue weighted by Gasteiger charge is -2.07. The van der Waals surface area contributed by atoms with Crippen molar-refractivity contribution in [2.75, 3.05) is 23.0 Å². The second-order valence-electron chi connectivity index (χ2n) is 4.57. The number of aromatic amines is 1. The Morgan fingerprint density at radius 3 is 2.78 bits per heavy atom. The van der Waals surface area contributed by atoms with E-state index in [0.29, 0.717) is 30.5 Å². The molecule has 0 spiro atoms. The molecule has 0 aliphatic heterocycles. The maximum Gasteiger partial charge on any atom is 0.411 e. The molecule has 124 valence electrons. The number of halogens is 1. The molecule has 0 fully saturated rings. The minimum absolute atomic E-state index is 0. The van der Waals surface area contributed by atoms with Crippen LogP contribution in [0, 0.1) is 0 Å². The highest BCUT2D eigenvalue weighted by Gasteiger charge is 2.10. The minimum atomic E-state index is -0.553. The van der Waals surface area contributed by atoms with Crippen LogP contribution in [0.2, 0.25) is 0 Å². The van der Waals surface area contributed by atoms with Crippen LogP contribution in [0.4, 0.5) is 22.1 Å². The number of hydrogen-bond acceptors (Lipinski definition) is 5. The fourth-order valence-electron chi connectivity index (χ4n) is 1.86. The van der Waals surface area contributed by atoms with Crippen molar-refractivity contribution in [3.8, 4) is 5.75 Å². The number of ether oxygens (including phenoxy) is 1. The average molecular weight is 339 g/mol. The van der Waals surface area contributed by atoms with E-state index in [9.17, 15) is 9.90 Å². The molecule has 0 unspecified atom stereocenters. The van der Waals surface area contributed by atoms with Gasteiger partial charge in [0.15, 0.2) is 0 Å². The van der Waals surface area contributed by atoms with Gasteiger partial charge >= 0.3 is 6.09 Å². The summed E-state index contributed by atoms with van der Waals surface area (Å²) in [5.41, 5.74) is 7.23. The van der Waals surface area contributed by atoms with Gasteiger partial charge in [0.05, 0.1) is 13.2 Å². The van der Waals surface area contributed by atoms with Crippen LogP contribution in [0.5, 0.6) is 5.75 Å². The number of phenols is 1. The van der Waals surface area contributed by atoms with Crippen molar-refractivity contribution in [1.29, 1.82) is 0 Å². The molecule has 2 rings (SSSR count). The van der Waals surface area contributed by atoms with Crippen LogP contribution >= 0.6 is 0 Å². The average Bonchev–Trinajstić information content (AvgIpc) is 2.48. The SMILES string of the molecule is CCOC(=O)Nc1ccc(NCc2cccc(O)c2)[nH+]c1N.[Cl-]. The Kier molecular flexibility index (Phi) is 6.95. The van der Waals surface area contributed by atoms with Gasteiger partial charge in [0.1, 0.15) is 11.4 Å². The molecule has 1 aromatic heterocycles. The molecule has 0 aliphatic rings. The van der Waals surface area contributed by atoms with Gasteiger partial charge in [0.25, 0.3) is 0 Å². The number of amides is 1.